The molecule has 0 aromatic heterocycles. The highest BCUT2D eigenvalue weighted by molar-refractivity contribution is 7.81. The molecule has 0 amide bonds. The van der Waals surface area contributed by atoms with E-state index >= 15 is 0 Å². The largest absolute Gasteiger partial charge is 0.197 e. The van der Waals surface area contributed by atoms with Crippen LogP contribution >= 0.6 is 26.1 Å². The maximum Gasteiger partial charge on any atom is 0.0598 e. The van der Waals surface area contributed by atoms with Crippen molar-refractivity contribution in [2.24, 2.45) is 0 Å². The fraction of sp³-hybridized carbons (Fsp3) is 0.143. The Balaban J connectivity index is 0.00000128. The summed E-state index contributed by atoms with van der Waals surface area (Å²) in [6.45, 7) is 2.13. The molecule has 0 nitrogen and oxygen atoms in total. The lowest BCUT2D eigenvalue weighted by Gasteiger charge is -2.24. The summed E-state index contributed by atoms with van der Waals surface area (Å²) in [4.78, 5) is 0. The molecule has 0 saturated carbocycles. The van der Waals surface area contributed by atoms with Gasteiger partial charge in [-0.3, -0.25) is 0 Å². The second-order valence-electron chi connectivity index (χ2n) is 3.80. The van der Waals surface area contributed by atoms with Crippen LogP contribution in [-0.4, -0.2) is 0 Å². The lowest BCUT2D eigenvalue weighted by atomic mass is 9.92. The molecule has 0 bridgehead atoms. The molecule has 0 aliphatic carbocycles. The molecule has 84 valence electrons. The van der Waals surface area contributed by atoms with Gasteiger partial charge in [-0.2, -0.15) is 26.1 Å². The third-order valence-corrected chi connectivity index (χ3v) is 3.19. The summed E-state index contributed by atoms with van der Waals surface area (Å²) in [6.07, 6.45) is 0. The normalized spacial score (nSPS) is 10.6. The van der Waals surface area contributed by atoms with Crippen LogP contribution in [0.25, 0.3) is 0 Å². The first-order chi connectivity index (χ1) is 7.21. The molecule has 0 unspecified atom stereocenters. The van der Waals surface area contributed by atoms with Crippen molar-refractivity contribution in [1.82, 2.24) is 0 Å². The zero-order valence-electron chi connectivity index (χ0n) is 9.22. The number of rotatable bonds is 2. The highest BCUT2D eigenvalue weighted by Crippen LogP contribution is 2.34. The predicted molar refractivity (Wildman–Crippen MR) is 78.7 cm³/mol. The van der Waals surface area contributed by atoms with Gasteiger partial charge in [-0.05, 0) is 18.1 Å². The van der Waals surface area contributed by atoms with Crippen LogP contribution in [-0.2, 0) is 4.75 Å². The summed E-state index contributed by atoms with van der Waals surface area (Å²) in [5.74, 6) is 0. The van der Waals surface area contributed by atoms with Crippen molar-refractivity contribution in [3.05, 3.63) is 71.8 Å². The third kappa shape index (κ3) is 2.63. The molecule has 2 aromatic carbocycles. The van der Waals surface area contributed by atoms with E-state index in [0.717, 1.165) is 0 Å². The Bertz CT molecular complexity index is 380. The first kappa shape index (κ1) is 13.2. The highest BCUT2D eigenvalue weighted by Gasteiger charge is 2.23. The minimum atomic E-state index is -0.220. The summed E-state index contributed by atoms with van der Waals surface area (Å²) < 4.78 is -0.220. The molecule has 0 aliphatic rings. The molecule has 2 aromatic rings. The van der Waals surface area contributed by atoms with Crippen molar-refractivity contribution in [2.45, 2.75) is 11.7 Å². The van der Waals surface area contributed by atoms with E-state index in [0.29, 0.717) is 0 Å². The van der Waals surface area contributed by atoms with Gasteiger partial charge in [0.2, 0.25) is 0 Å². The fourth-order valence-electron chi connectivity index (χ4n) is 1.69. The molecule has 0 saturated heterocycles. The molecular formula is C14H16S2. The monoisotopic (exact) mass is 248 g/mol. The molecule has 0 aliphatic heterocycles. The highest BCUT2D eigenvalue weighted by atomic mass is 32.1. The fourth-order valence-corrected chi connectivity index (χ4v) is 1.99. The molecule has 0 atom stereocenters. The Morgan fingerprint density at radius 2 is 1.06 bits per heavy atom. The zero-order chi connectivity index (χ0) is 10.7. The van der Waals surface area contributed by atoms with E-state index in [1.807, 2.05) is 36.4 Å². The number of benzene rings is 2. The van der Waals surface area contributed by atoms with Crippen LogP contribution in [0.1, 0.15) is 18.1 Å². The molecule has 0 fully saturated rings. The molecular weight excluding hydrogens is 232 g/mol. The Hall–Kier alpha value is -0.860. The van der Waals surface area contributed by atoms with Gasteiger partial charge in [0, 0.05) is 0 Å². The van der Waals surface area contributed by atoms with Gasteiger partial charge < -0.3 is 0 Å². The molecule has 0 heterocycles. The van der Waals surface area contributed by atoms with Crippen LogP contribution in [0.2, 0.25) is 0 Å². The third-order valence-electron chi connectivity index (χ3n) is 2.67. The van der Waals surface area contributed by atoms with Crippen LogP contribution < -0.4 is 0 Å². The van der Waals surface area contributed by atoms with Crippen LogP contribution in [0.5, 0.6) is 0 Å². The lowest BCUT2D eigenvalue weighted by Crippen LogP contribution is -2.15. The van der Waals surface area contributed by atoms with Gasteiger partial charge >= 0.3 is 0 Å². The van der Waals surface area contributed by atoms with Crippen molar-refractivity contribution >= 4 is 26.1 Å². The summed E-state index contributed by atoms with van der Waals surface area (Å²) in [6, 6.07) is 20.7. The van der Waals surface area contributed by atoms with Crippen molar-refractivity contribution in [1.29, 1.82) is 0 Å². The van der Waals surface area contributed by atoms with Gasteiger partial charge in [0.1, 0.15) is 0 Å². The van der Waals surface area contributed by atoms with E-state index in [9.17, 15) is 0 Å². The maximum atomic E-state index is 4.77. The first-order valence-corrected chi connectivity index (χ1v) is 5.49. The molecule has 2 rings (SSSR count). The van der Waals surface area contributed by atoms with Crippen LogP contribution in [0.4, 0.5) is 0 Å². The van der Waals surface area contributed by atoms with E-state index < -0.39 is 0 Å². The van der Waals surface area contributed by atoms with E-state index in [1.54, 1.807) is 0 Å². The smallest absolute Gasteiger partial charge is 0.0598 e. The average molecular weight is 248 g/mol. The van der Waals surface area contributed by atoms with Gasteiger partial charge in [0.05, 0.1) is 4.75 Å². The van der Waals surface area contributed by atoms with Gasteiger partial charge in [-0.25, -0.2) is 0 Å². The topological polar surface area (TPSA) is 0 Å². The van der Waals surface area contributed by atoms with Crippen LogP contribution in [0.15, 0.2) is 60.7 Å². The van der Waals surface area contributed by atoms with E-state index in [-0.39, 0.29) is 18.2 Å². The van der Waals surface area contributed by atoms with Crippen molar-refractivity contribution in [3.8, 4) is 0 Å². The van der Waals surface area contributed by atoms with E-state index in [4.69, 9.17) is 12.6 Å². The molecule has 0 N–H and O–H groups in total. The first-order valence-electron chi connectivity index (χ1n) is 5.04. The Morgan fingerprint density at radius 1 is 0.750 bits per heavy atom. The van der Waals surface area contributed by atoms with Gasteiger partial charge in [-0.15, -0.1) is 0 Å². The van der Waals surface area contributed by atoms with Gasteiger partial charge in [0.25, 0.3) is 0 Å². The van der Waals surface area contributed by atoms with Crippen molar-refractivity contribution < 1.29 is 0 Å². The lowest BCUT2D eigenvalue weighted by molar-refractivity contribution is 0.848. The second-order valence-corrected chi connectivity index (χ2v) is 4.70. The standard InChI is InChI=1S/C14H14S.H2S/c1-14(15,12-8-4-2-5-9-12)13-10-6-3-7-11-13;/h2-11,15H,1H3;1H2. The van der Waals surface area contributed by atoms with Crippen molar-refractivity contribution in [2.75, 3.05) is 0 Å². The number of thiol groups is 1. The Kier molecular flexibility index (Phi) is 4.51. The Labute approximate surface area is 110 Å². The summed E-state index contributed by atoms with van der Waals surface area (Å²) >= 11 is 4.77. The molecule has 0 spiro atoms. The number of hydrogen-bond donors (Lipinski definition) is 1. The SMILES string of the molecule is CC(S)(c1ccccc1)c1ccccc1.S. The van der Waals surface area contributed by atoms with Gasteiger partial charge in [0.15, 0.2) is 0 Å². The van der Waals surface area contributed by atoms with Crippen molar-refractivity contribution in [3.63, 3.8) is 0 Å². The maximum absolute atomic E-state index is 4.77. The summed E-state index contributed by atoms with van der Waals surface area (Å²) in [5.41, 5.74) is 2.44. The Morgan fingerprint density at radius 3 is 1.38 bits per heavy atom. The summed E-state index contributed by atoms with van der Waals surface area (Å²) in [5, 5.41) is 0. The van der Waals surface area contributed by atoms with E-state index in [2.05, 4.69) is 31.2 Å². The summed E-state index contributed by atoms with van der Waals surface area (Å²) in [7, 11) is 0. The zero-order valence-corrected chi connectivity index (χ0v) is 11.1. The number of hydrogen-bond acceptors (Lipinski definition) is 1. The minimum absolute atomic E-state index is 0. The van der Waals surface area contributed by atoms with Gasteiger partial charge in [-0.1, -0.05) is 60.7 Å². The molecule has 2 heteroatoms. The van der Waals surface area contributed by atoms with E-state index in [1.165, 1.54) is 11.1 Å². The van der Waals surface area contributed by atoms with Crippen LogP contribution in [0, 0.1) is 0 Å². The molecule has 0 radical (unpaired) electrons. The average Bonchev–Trinajstić information content (AvgIpc) is 2.31. The quantitative estimate of drug-likeness (QED) is 0.763. The molecule has 16 heavy (non-hydrogen) atoms. The van der Waals surface area contributed by atoms with Crippen LogP contribution in [0.3, 0.4) is 0 Å². The second kappa shape index (κ2) is 5.46. The minimum Gasteiger partial charge on any atom is -0.197 e. The predicted octanol–water partition coefficient (Wildman–Crippen LogP) is 3.99.